The second kappa shape index (κ2) is 4.34. The molecule has 1 N–H and O–H groups in total. The van der Waals surface area contributed by atoms with Gasteiger partial charge in [-0.3, -0.25) is 0 Å². The number of halogens is 1. The lowest BCUT2D eigenvalue weighted by Gasteiger charge is -2.38. The van der Waals surface area contributed by atoms with E-state index in [0.29, 0.717) is 17.8 Å². The van der Waals surface area contributed by atoms with E-state index in [4.69, 9.17) is 5.26 Å². The number of aliphatic hydroxyl groups is 1. The second-order valence-corrected chi connectivity index (χ2v) is 4.83. The standard InChI is InChI=1S/C13H15FN2O/c1-13(17)3-2-4-16(9-13)12-6-10(8-15)5-11(14)7-12/h5-7,17H,2-4,9H2,1H3. The second-order valence-electron chi connectivity index (χ2n) is 4.83. The third kappa shape index (κ3) is 2.75. The van der Waals surface area contributed by atoms with Crippen LogP contribution >= 0.6 is 0 Å². The molecule has 4 heteroatoms. The van der Waals surface area contributed by atoms with E-state index in [1.807, 2.05) is 11.0 Å². The summed E-state index contributed by atoms with van der Waals surface area (Å²) < 4.78 is 13.3. The predicted molar refractivity (Wildman–Crippen MR) is 63.2 cm³/mol. The van der Waals surface area contributed by atoms with E-state index in [-0.39, 0.29) is 0 Å². The molecule has 0 bridgehead atoms. The average molecular weight is 234 g/mol. The fourth-order valence-electron chi connectivity index (χ4n) is 2.26. The van der Waals surface area contributed by atoms with Crippen molar-refractivity contribution in [3.8, 4) is 6.07 Å². The lowest BCUT2D eigenvalue weighted by atomic mass is 9.94. The number of β-amino-alcohol motifs (C(OH)–C–C–N with tert-alkyl or cyclic N) is 1. The lowest BCUT2D eigenvalue weighted by molar-refractivity contribution is 0.0449. The first-order valence-corrected chi connectivity index (χ1v) is 5.68. The van der Waals surface area contributed by atoms with Crippen molar-refractivity contribution in [2.45, 2.75) is 25.4 Å². The molecule has 1 fully saturated rings. The zero-order valence-electron chi connectivity index (χ0n) is 9.78. The summed E-state index contributed by atoms with van der Waals surface area (Å²) >= 11 is 0. The summed E-state index contributed by atoms with van der Waals surface area (Å²) in [6.45, 7) is 3.04. The van der Waals surface area contributed by atoms with Gasteiger partial charge in [0.25, 0.3) is 0 Å². The summed E-state index contributed by atoms with van der Waals surface area (Å²) in [6.07, 6.45) is 1.62. The summed E-state index contributed by atoms with van der Waals surface area (Å²) in [5.41, 5.74) is 0.240. The Kier molecular flexibility index (Phi) is 3.03. The number of hydrogen-bond acceptors (Lipinski definition) is 3. The highest BCUT2D eigenvalue weighted by Gasteiger charge is 2.28. The van der Waals surface area contributed by atoms with Crippen LogP contribution in [0, 0.1) is 17.1 Å². The topological polar surface area (TPSA) is 47.3 Å². The number of nitriles is 1. The van der Waals surface area contributed by atoms with Crippen molar-refractivity contribution < 1.29 is 9.50 Å². The van der Waals surface area contributed by atoms with E-state index in [9.17, 15) is 9.50 Å². The largest absolute Gasteiger partial charge is 0.388 e. The molecule has 2 rings (SSSR count). The van der Waals surface area contributed by atoms with Crippen molar-refractivity contribution >= 4 is 5.69 Å². The molecular formula is C13H15FN2O. The van der Waals surface area contributed by atoms with Crippen LogP contribution in [0.15, 0.2) is 18.2 Å². The van der Waals surface area contributed by atoms with E-state index >= 15 is 0 Å². The maximum Gasteiger partial charge on any atom is 0.126 e. The van der Waals surface area contributed by atoms with Crippen molar-refractivity contribution in [3.63, 3.8) is 0 Å². The Hall–Kier alpha value is -1.60. The molecular weight excluding hydrogens is 219 g/mol. The van der Waals surface area contributed by atoms with Gasteiger partial charge in [0, 0.05) is 18.8 Å². The average Bonchev–Trinajstić information content (AvgIpc) is 2.27. The van der Waals surface area contributed by atoms with E-state index in [1.54, 1.807) is 13.0 Å². The number of anilines is 1. The number of hydrogen-bond donors (Lipinski definition) is 1. The monoisotopic (exact) mass is 234 g/mol. The highest BCUT2D eigenvalue weighted by atomic mass is 19.1. The van der Waals surface area contributed by atoms with Crippen LogP contribution in [0.1, 0.15) is 25.3 Å². The van der Waals surface area contributed by atoms with Crippen molar-refractivity contribution in [1.29, 1.82) is 5.26 Å². The Morgan fingerprint density at radius 3 is 2.88 bits per heavy atom. The van der Waals surface area contributed by atoms with Gasteiger partial charge in [-0.15, -0.1) is 0 Å². The van der Waals surface area contributed by atoms with E-state index in [0.717, 1.165) is 19.4 Å². The molecule has 3 nitrogen and oxygen atoms in total. The van der Waals surface area contributed by atoms with E-state index in [2.05, 4.69) is 0 Å². The molecule has 1 aliphatic rings. The fourth-order valence-corrected chi connectivity index (χ4v) is 2.26. The van der Waals surface area contributed by atoms with Gasteiger partial charge in [-0.05, 0) is 38.0 Å². The highest BCUT2D eigenvalue weighted by molar-refractivity contribution is 5.52. The maximum absolute atomic E-state index is 13.3. The van der Waals surface area contributed by atoms with Gasteiger partial charge < -0.3 is 10.0 Å². The molecule has 1 aromatic rings. The molecule has 1 aliphatic heterocycles. The maximum atomic E-state index is 13.3. The van der Waals surface area contributed by atoms with Gasteiger partial charge in [0.2, 0.25) is 0 Å². The molecule has 0 aromatic heterocycles. The van der Waals surface area contributed by atoms with Crippen LogP contribution in [-0.4, -0.2) is 23.8 Å². The summed E-state index contributed by atoms with van der Waals surface area (Å²) in [6, 6.07) is 6.21. The predicted octanol–water partition coefficient (Wildman–Crippen LogP) is 2.05. The highest BCUT2D eigenvalue weighted by Crippen LogP contribution is 2.26. The molecule has 0 saturated carbocycles. The Balaban J connectivity index is 2.28. The number of rotatable bonds is 1. The molecule has 1 aromatic carbocycles. The van der Waals surface area contributed by atoms with Crippen molar-refractivity contribution in [2.75, 3.05) is 18.0 Å². The summed E-state index contributed by atoms with van der Waals surface area (Å²) in [5.74, 6) is -0.413. The van der Waals surface area contributed by atoms with Gasteiger partial charge >= 0.3 is 0 Å². The van der Waals surface area contributed by atoms with Crippen LogP contribution in [0.5, 0.6) is 0 Å². The zero-order valence-corrected chi connectivity index (χ0v) is 9.78. The van der Waals surface area contributed by atoms with Crippen LogP contribution in [0.3, 0.4) is 0 Å². The summed E-state index contributed by atoms with van der Waals surface area (Å²) in [4.78, 5) is 1.92. The minimum Gasteiger partial charge on any atom is -0.388 e. The zero-order chi connectivity index (χ0) is 12.5. The van der Waals surface area contributed by atoms with E-state index in [1.165, 1.54) is 12.1 Å². The molecule has 0 amide bonds. The Bertz CT molecular complexity index is 465. The first-order valence-electron chi connectivity index (χ1n) is 5.68. The first-order chi connectivity index (χ1) is 8.00. The van der Waals surface area contributed by atoms with Crippen molar-refractivity contribution in [2.24, 2.45) is 0 Å². The summed E-state index contributed by atoms with van der Waals surface area (Å²) in [7, 11) is 0. The van der Waals surface area contributed by atoms with Gasteiger partial charge in [0.05, 0.1) is 17.2 Å². The molecule has 17 heavy (non-hydrogen) atoms. The molecule has 1 atom stereocenters. The molecule has 0 aliphatic carbocycles. The van der Waals surface area contributed by atoms with Crippen LogP contribution in [0.25, 0.3) is 0 Å². The molecule has 90 valence electrons. The first kappa shape index (κ1) is 11.9. The smallest absolute Gasteiger partial charge is 0.126 e. The minimum atomic E-state index is -0.739. The Morgan fingerprint density at radius 1 is 1.47 bits per heavy atom. The Labute approximate surface area is 100 Å². The van der Waals surface area contributed by atoms with E-state index < -0.39 is 11.4 Å². The molecule has 0 radical (unpaired) electrons. The quantitative estimate of drug-likeness (QED) is 0.809. The van der Waals surface area contributed by atoms with Crippen LogP contribution < -0.4 is 4.90 Å². The van der Waals surface area contributed by atoms with Crippen molar-refractivity contribution in [3.05, 3.63) is 29.6 Å². The lowest BCUT2D eigenvalue weighted by Crippen LogP contribution is -2.46. The van der Waals surface area contributed by atoms with Gasteiger partial charge in [-0.1, -0.05) is 0 Å². The number of benzene rings is 1. The summed E-state index contributed by atoms with van der Waals surface area (Å²) in [5, 5.41) is 18.8. The van der Waals surface area contributed by atoms with Gasteiger partial charge in [0.1, 0.15) is 5.82 Å². The molecule has 1 heterocycles. The minimum absolute atomic E-state index is 0.310. The van der Waals surface area contributed by atoms with Gasteiger partial charge in [0.15, 0.2) is 0 Å². The van der Waals surface area contributed by atoms with Gasteiger partial charge in [-0.25, -0.2) is 4.39 Å². The molecule has 1 unspecified atom stereocenters. The normalized spacial score (nSPS) is 24.5. The molecule has 0 spiro atoms. The third-order valence-corrected chi connectivity index (χ3v) is 3.05. The SMILES string of the molecule is CC1(O)CCCN(c2cc(F)cc(C#N)c2)C1. The Morgan fingerprint density at radius 2 is 2.24 bits per heavy atom. The van der Waals surface area contributed by atoms with Crippen molar-refractivity contribution in [1.82, 2.24) is 0 Å². The third-order valence-electron chi connectivity index (χ3n) is 3.05. The van der Waals surface area contributed by atoms with Gasteiger partial charge in [-0.2, -0.15) is 5.26 Å². The van der Waals surface area contributed by atoms with Crippen LogP contribution in [-0.2, 0) is 0 Å². The van der Waals surface area contributed by atoms with Crippen LogP contribution in [0.4, 0.5) is 10.1 Å². The molecule has 1 saturated heterocycles. The number of nitrogens with zero attached hydrogens (tertiary/aromatic N) is 2. The van der Waals surface area contributed by atoms with Crippen LogP contribution in [0.2, 0.25) is 0 Å². The number of piperidine rings is 1. The fraction of sp³-hybridized carbons (Fsp3) is 0.462.